The first-order valence-electron chi connectivity index (χ1n) is 8.43. The van der Waals surface area contributed by atoms with Crippen molar-refractivity contribution in [2.75, 3.05) is 21.3 Å². The summed E-state index contributed by atoms with van der Waals surface area (Å²) in [6.45, 7) is 1.87. The van der Waals surface area contributed by atoms with E-state index in [1.165, 1.54) is 26.2 Å². The minimum atomic E-state index is -1.24. The van der Waals surface area contributed by atoms with E-state index in [-0.39, 0.29) is 12.5 Å². The van der Waals surface area contributed by atoms with Gasteiger partial charge < -0.3 is 19.5 Å². The molecule has 1 aliphatic rings. The molecule has 27 heavy (non-hydrogen) atoms. The van der Waals surface area contributed by atoms with Crippen LogP contribution in [-0.4, -0.2) is 38.2 Å². The number of ether oxygens (including phenoxy) is 3. The zero-order valence-electron chi connectivity index (χ0n) is 15.7. The molecular weight excluding hydrogens is 348 g/mol. The number of carbonyl (C=O) groups excluding carboxylic acids is 2. The summed E-state index contributed by atoms with van der Waals surface area (Å²) in [6.07, 6.45) is 0. The van der Waals surface area contributed by atoms with Crippen LogP contribution >= 0.6 is 0 Å². The van der Waals surface area contributed by atoms with Gasteiger partial charge in [0.15, 0.2) is 11.5 Å². The van der Waals surface area contributed by atoms with Crippen molar-refractivity contribution in [3.8, 4) is 17.2 Å². The number of hydrogen-bond acceptors (Lipinski definition) is 5. The lowest BCUT2D eigenvalue weighted by atomic mass is 9.91. The smallest absolute Gasteiger partial charge is 0.325 e. The first-order valence-corrected chi connectivity index (χ1v) is 8.43. The van der Waals surface area contributed by atoms with Crippen molar-refractivity contribution in [1.29, 1.82) is 0 Å². The van der Waals surface area contributed by atoms with Crippen molar-refractivity contribution in [2.24, 2.45) is 0 Å². The van der Waals surface area contributed by atoms with E-state index in [0.29, 0.717) is 22.8 Å². The Morgan fingerprint density at radius 1 is 0.963 bits per heavy atom. The third-order valence-corrected chi connectivity index (χ3v) is 4.70. The summed E-state index contributed by atoms with van der Waals surface area (Å²) in [5.74, 6) is 0.907. The second-order valence-electron chi connectivity index (χ2n) is 6.35. The number of carbonyl (C=O) groups is 2. The third kappa shape index (κ3) is 3.16. The molecule has 0 aromatic heterocycles. The van der Waals surface area contributed by atoms with Crippen molar-refractivity contribution in [2.45, 2.75) is 19.0 Å². The highest BCUT2D eigenvalue weighted by molar-refractivity contribution is 6.07. The molecule has 0 bridgehead atoms. The van der Waals surface area contributed by atoms with Crippen LogP contribution in [0.15, 0.2) is 42.5 Å². The number of imide groups is 1. The molecule has 0 saturated carbocycles. The summed E-state index contributed by atoms with van der Waals surface area (Å²) >= 11 is 0. The summed E-state index contributed by atoms with van der Waals surface area (Å²) in [6, 6.07) is 12.3. The number of nitrogens with one attached hydrogen (secondary N) is 1. The van der Waals surface area contributed by atoms with Crippen molar-refractivity contribution in [1.82, 2.24) is 10.2 Å². The quantitative estimate of drug-likeness (QED) is 0.791. The van der Waals surface area contributed by atoms with E-state index in [1.54, 1.807) is 19.1 Å². The molecule has 1 N–H and O–H groups in total. The average molecular weight is 370 g/mol. The minimum absolute atomic E-state index is 0.200. The summed E-state index contributed by atoms with van der Waals surface area (Å²) in [4.78, 5) is 26.8. The Bertz CT molecular complexity index is 843. The molecule has 0 spiro atoms. The van der Waals surface area contributed by atoms with E-state index in [0.717, 1.165) is 5.56 Å². The lowest BCUT2D eigenvalue weighted by molar-refractivity contribution is -0.131. The first kappa shape index (κ1) is 18.6. The predicted octanol–water partition coefficient (Wildman–Crippen LogP) is 2.68. The maximum Gasteiger partial charge on any atom is 0.325 e. The van der Waals surface area contributed by atoms with Gasteiger partial charge in [0.1, 0.15) is 5.54 Å². The van der Waals surface area contributed by atoms with Crippen molar-refractivity contribution >= 4 is 11.9 Å². The largest absolute Gasteiger partial charge is 0.493 e. The van der Waals surface area contributed by atoms with Gasteiger partial charge in [-0.05, 0) is 30.2 Å². The summed E-state index contributed by atoms with van der Waals surface area (Å²) in [5.41, 5.74) is 0.180. The van der Waals surface area contributed by atoms with E-state index in [9.17, 15) is 9.59 Å². The highest BCUT2D eigenvalue weighted by atomic mass is 16.5. The Balaban J connectivity index is 1.99. The normalized spacial score (nSPS) is 19.0. The van der Waals surface area contributed by atoms with E-state index in [1.807, 2.05) is 30.3 Å². The number of rotatable bonds is 6. The van der Waals surface area contributed by atoms with Crippen LogP contribution in [0.2, 0.25) is 0 Å². The molecule has 7 nitrogen and oxygen atoms in total. The molecule has 7 heteroatoms. The Hall–Kier alpha value is -3.22. The standard InChI is InChI=1S/C20H22N2O5/c1-20(14-10-15(25-2)17(27-4)16(11-14)26-3)18(23)22(19(24)21-20)12-13-8-6-5-7-9-13/h5-11H,12H2,1-4H3,(H,21,24)/t20-/m0/s1. The fourth-order valence-corrected chi connectivity index (χ4v) is 3.17. The van der Waals surface area contributed by atoms with Gasteiger partial charge in [-0.15, -0.1) is 0 Å². The molecule has 3 amide bonds. The molecule has 1 atom stereocenters. The highest BCUT2D eigenvalue weighted by Gasteiger charge is 2.49. The molecule has 1 fully saturated rings. The van der Waals surface area contributed by atoms with E-state index >= 15 is 0 Å². The number of urea groups is 1. The van der Waals surface area contributed by atoms with Gasteiger partial charge in [0, 0.05) is 0 Å². The van der Waals surface area contributed by atoms with Crippen LogP contribution in [0.4, 0.5) is 4.79 Å². The summed E-state index contributed by atoms with van der Waals surface area (Å²) < 4.78 is 16.1. The van der Waals surface area contributed by atoms with E-state index in [2.05, 4.69) is 5.32 Å². The van der Waals surface area contributed by atoms with Gasteiger partial charge in [-0.25, -0.2) is 4.79 Å². The van der Waals surface area contributed by atoms with Crippen LogP contribution in [0.25, 0.3) is 0 Å². The summed E-state index contributed by atoms with van der Waals surface area (Å²) in [7, 11) is 4.51. The van der Waals surface area contributed by atoms with Gasteiger partial charge in [-0.1, -0.05) is 30.3 Å². The van der Waals surface area contributed by atoms with Crippen LogP contribution in [0, 0.1) is 0 Å². The molecular formula is C20H22N2O5. The number of nitrogens with zero attached hydrogens (tertiary/aromatic N) is 1. The molecule has 1 heterocycles. The van der Waals surface area contributed by atoms with Crippen molar-refractivity contribution in [3.05, 3.63) is 53.6 Å². The van der Waals surface area contributed by atoms with Gasteiger partial charge >= 0.3 is 6.03 Å². The monoisotopic (exact) mass is 370 g/mol. The van der Waals surface area contributed by atoms with Gasteiger partial charge in [-0.2, -0.15) is 0 Å². The Labute approximate surface area is 157 Å². The highest BCUT2D eigenvalue weighted by Crippen LogP contribution is 2.42. The first-order chi connectivity index (χ1) is 12.9. The number of benzene rings is 2. The fraction of sp³-hybridized carbons (Fsp3) is 0.300. The Kier molecular flexibility index (Phi) is 4.94. The molecule has 2 aromatic carbocycles. The van der Waals surface area contributed by atoms with Crippen LogP contribution in [0.5, 0.6) is 17.2 Å². The Morgan fingerprint density at radius 2 is 1.56 bits per heavy atom. The Morgan fingerprint density at radius 3 is 2.07 bits per heavy atom. The molecule has 0 aliphatic carbocycles. The maximum atomic E-state index is 13.1. The molecule has 0 radical (unpaired) electrons. The SMILES string of the molecule is COc1cc([C@]2(C)NC(=O)N(Cc3ccccc3)C2=O)cc(OC)c1OC. The van der Waals surface area contributed by atoms with Crippen LogP contribution < -0.4 is 19.5 Å². The third-order valence-electron chi connectivity index (χ3n) is 4.70. The lowest BCUT2D eigenvalue weighted by Crippen LogP contribution is -2.40. The zero-order valence-corrected chi connectivity index (χ0v) is 15.7. The molecule has 142 valence electrons. The summed E-state index contributed by atoms with van der Waals surface area (Å²) in [5, 5.41) is 2.79. The van der Waals surface area contributed by atoms with Crippen molar-refractivity contribution in [3.63, 3.8) is 0 Å². The van der Waals surface area contributed by atoms with E-state index < -0.39 is 11.6 Å². The zero-order chi connectivity index (χ0) is 19.6. The molecule has 0 unspecified atom stereocenters. The van der Waals surface area contributed by atoms with Crippen LogP contribution in [0.1, 0.15) is 18.1 Å². The van der Waals surface area contributed by atoms with Gasteiger partial charge in [0.25, 0.3) is 5.91 Å². The predicted molar refractivity (Wildman–Crippen MR) is 99.0 cm³/mol. The number of methoxy groups -OCH3 is 3. The second kappa shape index (κ2) is 7.19. The lowest BCUT2D eigenvalue weighted by Gasteiger charge is -2.24. The van der Waals surface area contributed by atoms with Gasteiger partial charge in [0.05, 0.1) is 27.9 Å². The van der Waals surface area contributed by atoms with Crippen molar-refractivity contribution < 1.29 is 23.8 Å². The average Bonchev–Trinajstić information content (AvgIpc) is 2.91. The minimum Gasteiger partial charge on any atom is -0.493 e. The van der Waals surface area contributed by atoms with Gasteiger partial charge in [0.2, 0.25) is 5.75 Å². The molecule has 1 saturated heterocycles. The van der Waals surface area contributed by atoms with E-state index in [4.69, 9.17) is 14.2 Å². The van der Waals surface area contributed by atoms with Crippen LogP contribution in [0.3, 0.4) is 0 Å². The van der Waals surface area contributed by atoms with Gasteiger partial charge in [-0.3, -0.25) is 9.69 Å². The number of hydrogen-bond donors (Lipinski definition) is 1. The molecule has 2 aromatic rings. The molecule has 1 aliphatic heterocycles. The maximum absolute atomic E-state index is 13.1. The number of amides is 3. The fourth-order valence-electron chi connectivity index (χ4n) is 3.17. The topological polar surface area (TPSA) is 77.1 Å². The second-order valence-corrected chi connectivity index (χ2v) is 6.35. The molecule has 3 rings (SSSR count). The van der Waals surface area contributed by atoms with Crippen LogP contribution in [-0.2, 0) is 16.9 Å².